The van der Waals surface area contributed by atoms with Crippen LogP contribution in [0.5, 0.6) is 0 Å². The number of nitrogens with one attached hydrogen (secondary N) is 1. The number of benzene rings is 1. The van der Waals surface area contributed by atoms with Crippen molar-refractivity contribution in [1.29, 1.82) is 0 Å². The lowest BCUT2D eigenvalue weighted by Crippen LogP contribution is -2.81. The van der Waals surface area contributed by atoms with Crippen molar-refractivity contribution in [1.82, 2.24) is 5.32 Å². The number of ether oxygens (including phenoxy) is 6. The van der Waals surface area contributed by atoms with E-state index >= 15 is 4.79 Å². The number of aliphatic hydroxyl groups excluding tert-OH is 2. The number of esters is 3. The molecule has 1 unspecified atom stereocenters. The van der Waals surface area contributed by atoms with E-state index in [1.54, 1.807) is 45.2 Å². The summed E-state index contributed by atoms with van der Waals surface area (Å²) in [4.78, 5) is 69.5. The zero-order valence-corrected chi connectivity index (χ0v) is 35.5. The molecule has 4 fully saturated rings. The van der Waals surface area contributed by atoms with Crippen molar-refractivity contribution in [3.8, 4) is 0 Å². The van der Waals surface area contributed by atoms with Gasteiger partial charge >= 0.3 is 24.0 Å². The van der Waals surface area contributed by atoms with Crippen LogP contribution in [0.4, 0.5) is 4.79 Å². The zero-order chi connectivity index (χ0) is 43.4. The van der Waals surface area contributed by atoms with Gasteiger partial charge < -0.3 is 49.1 Å². The molecule has 11 atom stereocenters. The van der Waals surface area contributed by atoms with E-state index in [0.717, 1.165) is 6.42 Å². The van der Waals surface area contributed by atoms with Crippen molar-refractivity contribution >= 4 is 41.1 Å². The number of Topliss-reactive ketones (excluding diaryl/α,β-unsaturated/α-hetero) is 1. The summed E-state index contributed by atoms with van der Waals surface area (Å²) in [5, 5.41) is 41.8. The highest BCUT2D eigenvalue weighted by Crippen LogP contribution is 2.64. The maximum atomic E-state index is 15.6. The first-order valence-corrected chi connectivity index (χ1v) is 21.5. The largest absolute Gasteiger partial charge is 0.456 e. The molecule has 2 aromatic rings. The Kier molecular flexibility index (Phi) is 12.1. The quantitative estimate of drug-likeness (QED) is 0.133. The Balaban J connectivity index is 1.36. The number of hydrogen-bond donors (Lipinski definition) is 4. The highest BCUT2D eigenvalue weighted by molar-refractivity contribution is 7.10. The second-order valence-corrected chi connectivity index (χ2v) is 18.5. The molecular weight excluding hydrogens is 799 g/mol. The van der Waals surface area contributed by atoms with Gasteiger partial charge in [0.25, 0.3) is 0 Å². The summed E-state index contributed by atoms with van der Waals surface area (Å²) in [6.07, 6.45) is -8.16. The molecule has 326 valence electrons. The predicted molar refractivity (Wildman–Crippen MR) is 213 cm³/mol. The molecule has 0 spiro atoms. The fourth-order valence-corrected chi connectivity index (χ4v) is 10.9. The Morgan fingerprint density at radius 2 is 1.75 bits per heavy atom. The molecule has 7 rings (SSSR count). The Hall–Kier alpha value is -4.19. The number of carbonyl (C=O) groups is 5. The number of ketones is 1. The van der Waals surface area contributed by atoms with E-state index in [4.69, 9.17) is 28.4 Å². The van der Waals surface area contributed by atoms with Crippen LogP contribution < -0.4 is 5.32 Å². The summed E-state index contributed by atoms with van der Waals surface area (Å²) in [5.74, 6) is -4.63. The molecule has 1 amide bonds. The van der Waals surface area contributed by atoms with Crippen LogP contribution >= 0.6 is 11.3 Å². The number of hydrogen-bond acceptors (Lipinski definition) is 15. The maximum Gasteiger partial charge on any atom is 0.408 e. The molecule has 1 aromatic heterocycles. The summed E-state index contributed by atoms with van der Waals surface area (Å²) in [6.45, 7) is 8.97. The average molecular weight is 854 g/mol. The van der Waals surface area contributed by atoms with Gasteiger partial charge in [0, 0.05) is 42.4 Å². The third-order valence-electron chi connectivity index (χ3n) is 13.7. The summed E-state index contributed by atoms with van der Waals surface area (Å²) in [6, 6.07) is 11.2. The van der Waals surface area contributed by atoms with Gasteiger partial charge in [0.05, 0.1) is 30.8 Å². The van der Waals surface area contributed by atoms with Crippen LogP contribution in [-0.2, 0) is 54.2 Å². The molecule has 5 aliphatic rings. The molecule has 2 heterocycles. The number of amides is 1. The molecule has 15 nitrogen and oxygen atoms in total. The Bertz CT molecular complexity index is 2000. The molecule has 1 aliphatic heterocycles. The standard InChI is InChI=1S/C44H55NO14S/c1-7-31(48)58-35-32-23(2)27(57-39(51)34(49)33(28-17-12-18-60-28)45-40(52)56-26-15-11-16-26)20-44(53,41(32,4)5)38(54-21-25-13-9-8-10-14-25)36-42(6,37(35)50)29(47)19-30-43(36,22-55-30)59-24(3)46/h8-10,12-14,17-18,26-27,29-30,33-36,38,47,49,53H,7,11,15-16,19-22H2,1-6H3,(H,45,52)/t27-,29-,30+,33-,34+,35+,36?,38-,42+,43-,44+/m0/s1. The maximum absolute atomic E-state index is 15.6. The number of thiophene rings is 1. The fraction of sp³-hybridized carbons (Fsp3) is 0.614. The number of alkyl carbamates (subject to hydrolysis) is 1. The molecule has 60 heavy (non-hydrogen) atoms. The van der Waals surface area contributed by atoms with E-state index in [-0.39, 0.29) is 49.7 Å². The van der Waals surface area contributed by atoms with Gasteiger partial charge in [0.1, 0.15) is 30.0 Å². The average Bonchev–Trinajstić information content (AvgIpc) is 3.73. The molecule has 3 saturated carbocycles. The minimum atomic E-state index is -2.14. The van der Waals surface area contributed by atoms with Crippen LogP contribution in [0.15, 0.2) is 59.0 Å². The van der Waals surface area contributed by atoms with Gasteiger partial charge in [-0.1, -0.05) is 57.2 Å². The normalized spacial score (nSPS) is 34.2. The third kappa shape index (κ3) is 7.36. The predicted octanol–water partition coefficient (Wildman–Crippen LogP) is 4.40. The van der Waals surface area contributed by atoms with E-state index < -0.39 is 100 Å². The Labute approximate surface area is 352 Å². The zero-order valence-electron chi connectivity index (χ0n) is 34.7. The topological polar surface area (TPSA) is 213 Å². The Morgan fingerprint density at radius 1 is 1.03 bits per heavy atom. The van der Waals surface area contributed by atoms with Crippen LogP contribution in [0.25, 0.3) is 0 Å². The van der Waals surface area contributed by atoms with Gasteiger partial charge in [-0.25, -0.2) is 9.59 Å². The first-order valence-electron chi connectivity index (χ1n) is 20.6. The number of fused-ring (bicyclic) bond motifs is 5. The molecule has 2 bridgehead atoms. The Morgan fingerprint density at radius 3 is 2.33 bits per heavy atom. The lowest BCUT2D eigenvalue weighted by atomic mass is 9.44. The smallest absolute Gasteiger partial charge is 0.408 e. The molecule has 16 heteroatoms. The lowest BCUT2D eigenvalue weighted by molar-refractivity contribution is -0.351. The second kappa shape index (κ2) is 16.6. The molecule has 0 radical (unpaired) electrons. The van der Waals surface area contributed by atoms with E-state index in [9.17, 15) is 34.5 Å². The summed E-state index contributed by atoms with van der Waals surface area (Å²) in [5.41, 5.74) is -6.00. The minimum Gasteiger partial charge on any atom is -0.456 e. The highest BCUT2D eigenvalue weighted by Gasteiger charge is 2.77. The van der Waals surface area contributed by atoms with Crippen LogP contribution in [-0.4, -0.2) is 106 Å². The molecule has 1 saturated heterocycles. The van der Waals surface area contributed by atoms with Gasteiger partial charge in [0.15, 0.2) is 23.6 Å². The first-order chi connectivity index (χ1) is 28.4. The van der Waals surface area contributed by atoms with Crippen LogP contribution in [0, 0.1) is 16.7 Å². The van der Waals surface area contributed by atoms with Crippen LogP contribution in [0.1, 0.15) is 96.5 Å². The number of carbonyl (C=O) groups excluding carboxylic acids is 5. The summed E-state index contributed by atoms with van der Waals surface area (Å²) >= 11 is 1.20. The van der Waals surface area contributed by atoms with Gasteiger partial charge in [0.2, 0.25) is 0 Å². The number of aliphatic hydroxyl groups is 3. The third-order valence-corrected chi connectivity index (χ3v) is 14.7. The first kappa shape index (κ1) is 43.9. The van der Waals surface area contributed by atoms with Gasteiger partial charge in [-0.2, -0.15) is 0 Å². The van der Waals surface area contributed by atoms with E-state index in [0.29, 0.717) is 23.3 Å². The van der Waals surface area contributed by atoms with Gasteiger partial charge in [-0.05, 0) is 61.3 Å². The van der Waals surface area contributed by atoms with E-state index in [1.807, 2.05) is 30.3 Å². The summed E-state index contributed by atoms with van der Waals surface area (Å²) < 4.78 is 36.5. The molecule has 4 N–H and O–H groups in total. The van der Waals surface area contributed by atoms with Gasteiger partial charge in [-0.3, -0.25) is 14.4 Å². The monoisotopic (exact) mass is 853 g/mol. The highest BCUT2D eigenvalue weighted by atomic mass is 32.1. The van der Waals surface area contributed by atoms with Crippen LogP contribution in [0.2, 0.25) is 0 Å². The van der Waals surface area contributed by atoms with Crippen molar-refractivity contribution in [2.75, 3.05) is 6.61 Å². The van der Waals surface area contributed by atoms with Crippen molar-refractivity contribution in [3.63, 3.8) is 0 Å². The second-order valence-electron chi connectivity index (χ2n) is 17.5. The minimum absolute atomic E-state index is 0.0942. The molecule has 1 aromatic carbocycles. The summed E-state index contributed by atoms with van der Waals surface area (Å²) in [7, 11) is 0. The van der Waals surface area contributed by atoms with Crippen molar-refractivity contribution in [2.45, 2.75) is 147 Å². The number of rotatable bonds is 12. The van der Waals surface area contributed by atoms with Crippen molar-refractivity contribution in [3.05, 3.63) is 69.4 Å². The van der Waals surface area contributed by atoms with Crippen LogP contribution in [0.3, 0.4) is 0 Å². The fourth-order valence-electron chi connectivity index (χ4n) is 10.1. The van der Waals surface area contributed by atoms with Crippen molar-refractivity contribution < 1.29 is 67.7 Å². The molecule has 4 aliphatic carbocycles. The van der Waals surface area contributed by atoms with Crippen molar-refractivity contribution in [2.24, 2.45) is 16.7 Å². The SMILES string of the molecule is CCC(=O)O[C@H]1C(=O)[C@@]2(C)C([C@H](OCc3ccccc3)[C@]3(O)C[C@H](OC(=O)[C@H](O)[C@@H](NC(=O)OC4CCC4)c4cccs4)C(C)=C1C3(C)C)[C@]1(OC(C)=O)CO[C@@H]1C[C@@H]2O. The lowest BCUT2D eigenvalue weighted by Gasteiger charge is -2.67. The van der Waals surface area contributed by atoms with E-state index in [1.165, 1.54) is 25.2 Å². The molecular formula is C44H55NO14S. The van der Waals surface area contributed by atoms with E-state index in [2.05, 4.69) is 5.32 Å². The van der Waals surface area contributed by atoms with Gasteiger partial charge in [-0.15, -0.1) is 11.3 Å².